The van der Waals surface area contributed by atoms with Gasteiger partial charge in [0.25, 0.3) is 0 Å². The van der Waals surface area contributed by atoms with E-state index in [0.717, 1.165) is 0 Å². The van der Waals surface area contributed by atoms with Crippen molar-refractivity contribution in [3.05, 3.63) is 24.3 Å². The maximum atomic E-state index is 12.9. The van der Waals surface area contributed by atoms with Crippen LogP contribution in [0.3, 0.4) is 0 Å². The highest BCUT2D eigenvalue weighted by Gasteiger charge is 2.43. The fourth-order valence-electron chi connectivity index (χ4n) is 2.47. The van der Waals surface area contributed by atoms with Crippen LogP contribution in [0.2, 0.25) is 39.3 Å². The minimum absolute atomic E-state index is 0.339. The summed E-state index contributed by atoms with van der Waals surface area (Å²) < 4.78 is 27.6. The van der Waals surface area contributed by atoms with Crippen molar-refractivity contribution in [3.8, 4) is 0 Å². The van der Waals surface area contributed by atoms with Gasteiger partial charge < -0.3 is 5.73 Å². The van der Waals surface area contributed by atoms with Crippen molar-refractivity contribution < 1.29 is 8.42 Å². The quantitative estimate of drug-likeness (QED) is 0.686. The third kappa shape index (κ3) is 3.68. The first-order valence-corrected chi connectivity index (χ1v) is 14.6. The van der Waals surface area contributed by atoms with E-state index < -0.39 is 26.5 Å². The third-order valence-electron chi connectivity index (χ3n) is 2.64. The molecule has 0 bridgehead atoms. The summed E-state index contributed by atoms with van der Waals surface area (Å²) >= 11 is 0. The maximum Gasteiger partial charge on any atom is 0.231 e. The molecule has 0 atom stereocenters. The second-order valence-corrected chi connectivity index (χ2v) is 19.1. The number of nitrogen functional groups attached to an aromatic ring is 1. The molecule has 0 saturated heterocycles. The first kappa shape index (κ1) is 16.4. The van der Waals surface area contributed by atoms with E-state index in [4.69, 9.17) is 5.73 Å². The Hall–Kier alpha value is -0.636. The van der Waals surface area contributed by atoms with E-state index in [-0.39, 0.29) is 0 Å². The largest absolute Gasteiger partial charge is 0.399 e. The van der Waals surface area contributed by atoms with Crippen molar-refractivity contribution in [1.29, 1.82) is 0 Å². The van der Waals surface area contributed by atoms with Crippen molar-refractivity contribution in [3.63, 3.8) is 0 Å². The van der Waals surface area contributed by atoms with E-state index in [1.165, 1.54) is 0 Å². The molecule has 4 nitrogen and oxygen atoms in total. The van der Waals surface area contributed by atoms with Crippen LogP contribution < -0.4 is 5.73 Å². The van der Waals surface area contributed by atoms with E-state index in [1.807, 2.05) is 3.64 Å². The Morgan fingerprint density at radius 3 is 1.58 bits per heavy atom. The molecule has 2 N–H and O–H groups in total. The number of rotatable bonds is 4. The highest BCUT2D eigenvalue weighted by Crippen LogP contribution is 2.28. The molecule has 0 unspecified atom stereocenters. The Labute approximate surface area is 118 Å². The van der Waals surface area contributed by atoms with Gasteiger partial charge in [-0.05, 0) is 24.3 Å². The van der Waals surface area contributed by atoms with Crippen molar-refractivity contribution >= 4 is 32.2 Å². The summed E-state index contributed by atoms with van der Waals surface area (Å²) in [7, 11) is -7.39. The Morgan fingerprint density at radius 1 is 0.895 bits per heavy atom. The predicted molar refractivity (Wildman–Crippen MR) is 86.6 cm³/mol. The minimum atomic E-state index is -3.43. The Morgan fingerprint density at radius 2 is 1.26 bits per heavy atom. The van der Waals surface area contributed by atoms with E-state index in [9.17, 15) is 8.42 Å². The number of sulfonamides is 1. The molecule has 0 amide bonds. The number of nitrogens with two attached hydrogens (primary N) is 1. The normalized spacial score (nSPS) is 13.8. The predicted octanol–water partition coefficient (Wildman–Crippen LogP) is 2.93. The van der Waals surface area contributed by atoms with Crippen LogP contribution in [0.4, 0.5) is 5.69 Å². The molecule has 7 heteroatoms. The SMILES string of the molecule is C[Si](C)(C)N([Si](C)(C)C)S(=O)(=O)c1ccc(N)cc1. The second-order valence-electron chi connectivity index (χ2n) is 6.68. The zero-order valence-corrected chi connectivity index (χ0v) is 15.4. The Kier molecular flexibility index (Phi) is 4.36. The van der Waals surface area contributed by atoms with Gasteiger partial charge in [-0.25, -0.2) is 12.1 Å². The molecule has 0 radical (unpaired) electrons. The van der Waals surface area contributed by atoms with Gasteiger partial charge in [-0.2, -0.15) is 0 Å². The van der Waals surface area contributed by atoms with E-state index >= 15 is 0 Å². The summed E-state index contributed by atoms with van der Waals surface area (Å²) in [5, 5.41) is 0. The van der Waals surface area contributed by atoms with E-state index in [0.29, 0.717) is 10.6 Å². The number of anilines is 1. The second kappa shape index (κ2) is 5.04. The topological polar surface area (TPSA) is 63.4 Å². The van der Waals surface area contributed by atoms with Crippen LogP contribution >= 0.6 is 0 Å². The lowest BCUT2D eigenvalue weighted by molar-refractivity contribution is 0.571. The summed E-state index contributed by atoms with van der Waals surface area (Å²) in [5.74, 6) is 0. The summed E-state index contributed by atoms with van der Waals surface area (Å²) in [6.07, 6.45) is 0. The van der Waals surface area contributed by atoms with Crippen LogP contribution in [0, 0.1) is 0 Å². The molecule has 19 heavy (non-hydrogen) atoms. The smallest absolute Gasteiger partial charge is 0.231 e. The van der Waals surface area contributed by atoms with Crippen LogP contribution in [0.1, 0.15) is 0 Å². The van der Waals surface area contributed by atoms with E-state index in [1.54, 1.807) is 24.3 Å². The van der Waals surface area contributed by atoms with Crippen LogP contribution in [0.5, 0.6) is 0 Å². The van der Waals surface area contributed by atoms with Gasteiger partial charge in [0.05, 0.1) is 4.90 Å². The van der Waals surface area contributed by atoms with Crippen molar-refractivity contribution in [2.75, 3.05) is 5.73 Å². The van der Waals surface area contributed by atoms with Crippen LogP contribution in [0.15, 0.2) is 29.2 Å². The fraction of sp³-hybridized carbons (Fsp3) is 0.500. The molecule has 0 heterocycles. The van der Waals surface area contributed by atoms with Gasteiger partial charge in [-0.15, -0.1) is 0 Å². The third-order valence-corrected chi connectivity index (χ3v) is 15.2. The summed E-state index contributed by atoms with van der Waals surface area (Å²) in [6.45, 7) is 12.4. The van der Waals surface area contributed by atoms with Crippen LogP contribution in [-0.2, 0) is 10.0 Å². The molecule has 1 rings (SSSR count). The minimum Gasteiger partial charge on any atom is -0.399 e. The highest BCUT2D eigenvalue weighted by atomic mass is 32.2. The lowest BCUT2D eigenvalue weighted by atomic mass is 10.3. The first-order valence-electron chi connectivity index (χ1n) is 6.28. The van der Waals surface area contributed by atoms with Gasteiger partial charge >= 0.3 is 0 Å². The van der Waals surface area contributed by atoms with Crippen molar-refractivity contribution in [2.24, 2.45) is 0 Å². The molecule has 0 aliphatic rings. The highest BCUT2D eigenvalue weighted by molar-refractivity contribution is 7.92. The molecule has 1 aromatic rings. The number of hydrogen-bond acceptors (Lipinski definition) is 3. The zero-order valence-electron chi connectivity index (χ0n) is 12.6. The molecule has 108 valence electrons. The maximum absolute atomic E-state index is 12.9. The van der Waals surface area contributed by atoms with Gasteiger partial charge in [-0.1, -0.05) is 39.3 Å². The molecule has 0 aromatic heterocycles. The Bertz CT molecular complexity index is 529. The van der Waals surface area contributed by atoms with Gasteiger partial charge in [0, 0.05) is 5.69 Å². The van der Waals surface area contributed by atoms with Crippen molar-refractivity contribution in [1.82, 2.24) is 3.64 Å². The first-order chi connectivity index (χ1) is 8.37. The molecule has 0 saturated carbocycles. The molecule has 1 aromatic carbocycles. The van der Waals surface area contributed by atoms with Crippen molar-refractivity contribution in [2.45, 2.75) is 44.2 Å². The van der Waals surface area contributed by atoms with Gasteiger partial charge in [0.2, 0.25) is 10.0 Å². The summed E-state index contributed by atoms with van der Waals surface area (Å²) in [6, 6.07) is 6.47. The number of benzene rings is 1. The zero-order chi connectivity index (χ0) is 15.1. The molecule has 0 fully saturated rings. The van der Waals surface area contributed by atoms with Crippen LogP contribution in [0.25, 0.3) is 0 Å². The fourth-order valence-corrected chi connectivity index (χ4v) is 17.6. The molecular formula is C12H24N2O2SSi2. The summed E-state index contributed by atoms with van der Waals surface area (Å²) in [5.41, 5.74) is 6.20. The average Bonchev–Trinajstić information content (AvgIpc) is 2.12. The monoisotopic (exact) mass is 316 g/mol. The average molecular weight is 317 g/mol. The Balaban J connectivity index is 3.41. The van der Waals surface area contributed by atoms with Gasteiger partial charge in [0.1, 0.15) is 16.5 Å². The molecular weight excluding hydrogens is 292 g/mol. The summed E-state index contributed by atoms with van der Waals surface area (Å²) in [4.78, 5) is 0.339. The van der Waals surface area contributed by atoms with Crippen LogP contribution in [-0.4, -0.2) is 28.5 Å². The molecule has 0 aliphatic heterocycles. The van der Waals surface area contributed by atoms with Gasteiger partial charge in [-0.3, -0.25) is 0 Å². The number of hydrogen-bond donors (Lipinski definition) is 1. The molecule has 0 spiro atoms. The lowest BCUT2D eigenvalue weighted by Gasteiger charge is -2.42. The number of nitrogens with zero attached hydrogens (tertiary/aromatic N) is 1. The van der Waals surface area contributed by atoms with Gasteiger partial charge in [0.15, 0.2) is 0 Å². The standard InChI is InChI=1S/C12H24N2O2SSi2/c1-18(2,3)14(19(4,5)6)17(15,16)12-9-7-11(13)8-10-12/h7-10H,13H2,1-6H3. The lowest BCUT2D eigenvalue weighted by Crippen LogP contribution is -2.61. The molecule has 0 aliphatic carbocycles. The van der Waals surface area contributed by atoms with E-state index in [2.05, 4.69) is 39.3 Å².